The summed E-state index contributed by atoms with van der Waals surface area (Å²) in [5.41, 5.74) is 0. The Labute approximate surface area is 48.1 Å². The summed E-state index contributed by atoms with van der Waals surface area (Å²) in [7, 11) is 0. The van der Waals surface area contributed by atoms with Gasteiger partial charge in [-0.05, 0) is 12.8 Å². The largest absolute Gasteiger partial charge is 0.221 e. The minimum Gasteiger partial charge on any atom is -0.221 e. The van der Waals surface area contributed by atoms with E-state index >= 15 is 0 Å². The molecule has 0 amide bonds. The summed E-state index contributed by atoms with van der Waals surface area (Å²) in [6, 6.07) is 0. The first kappa shape index (κ1) is 6.01. The van der Waals surface area contributed by atoms with E-state index in [0.717, 1.165) is 12.8 Å². The fraction of sp³-hybridized carbons (Fsp3) is 1.00. The quantitative estimate of drug-likeness (QED) is 0.439. The molecular weight excluding hydrogens is 108 g/mol. The Morgan fingerprint density at radius 2 is 1.88 bits per heavy atom. The first-order valence-electron chi connectivity index (χ1n) is 2.90. The second-order valence-electron chi connectivity index (χ2n) is 2.08. The fourth-order valence-corrected chi connectivity index (χ4v) is 1.05. The van der Waals surface area contributed by atoms with Crippen molar-refractivity contribution >= 4 is 0 Å². The summed E-state index contributed by atoms with van der Waals surface area (Å²) < 4.78 is 0. The molecule has 0 aliphatic heterocycles. The molecule has 0 unspecified atom stereocenters. The van der Waals surface area contributed by atoms with Crippen LogP contribution in [-0.2, 0) is 9.93 Å². The highest BCUT2D eigenvalue weighted by Gasteiger charge is 2.15. The van der Waals surface area contributed by atoms with Gasteiger partial charge in [-0.3, -0.25) is 0 Å². The summed E-state index contributed by atoms with van der Waals surface area (Å²) in [4.78, 5) is 4.46. The van der Waals surface area contributed by atoms with Crippen LogP contribution in [-0.4, -0.2) is 11.4 Å². The molecule has 0 aromatic heterocycles. The lowest BCUT2D eigenvalue weighted by Crippen LogP contribution is -2.05. The SMILES string of the molecule is OOOC1CCCC1. The monoisotopic (exact) mass is 118 g/mol. The molecule has 1 fully saturated rings. The summed E-state index contributed by atoms with van der Waals surface area (Å²) in [5.74, 6) is 0. The molecule has 0 spiro atoms. The second-order valence-corrected chi connectivity index (χ2v) is 2.08. The van der Waals surface area contributed by atoms with Crippen molar-refractivity contribution in [2.45, 2.75) is 31.8 Å². The van der Waals surface area contributed by atoms with Gasteiger partial charge in [-0.25, -0.2) is 10.1 Å². The molecule has 0 radical (unpaired) electrons. The predicted octanol–water partition coefficient (Wildman–Crippen LogP) is 1.35. The van der Waals surface area contributed by atoms with E-state index in [1.54, 1.807) is 0 Å². The third-order valence-electron chi connectivity index (χ3n) is 1.48. The van der Waals surface area contributed by atoms with Crippen LogP contribution in [0.25, 0.3) is 0 Å². The molecule has 0 atom stereocenters. The molecule has 1 aliphatic rings. The predicted molar refractivity (Wildman–Crippen MR) is 27.1 cm³/mol. The molecule has 0 aromatic rings. The maximum absolute atomic E-state index is 7.80. The van der Waals surface area contributed by atoms with Crippen molar-refractivity contribution < 1.29 is 15.2 Å². The molecule has 1 saturated carbocycles. The van der Waals surface area contributed by atoms with Crippen LogP contribution in [0.4, 0.5) is 0 Å². The third-order valence-corrected chi connectivity index (χ3v) is 1.48. The maximum atomic E-state index is 7.80. The minimum absolute atomic E-state index is 0.139. The van der Waals surface area contributed by atoms with Crippen LogP contribution in [0.5, 0.6) is 0 Å². The summed E-state index contributed by atoms with van der Waals surface area (Å²) in [5, 5.41) is 11.3. The first-order valence-corrected chi connectivity index (χ1v) is 2.90. The van der Waals surface area contributed by atoms with E-state index in [1.165, 1.54) is 12.8 Å². The normalized spacial score (nSPS) is 22.1. The second kappa shape index (κ2) is 3.02. The molecule has 3 heteroatoms. The molecule has 8 heavy (non-hydrogen) atoms. The topological polar surface area (TPSA) is 38.7 Å². The van der Waals surface area contributed by atoms with Crippen LogP contribution in [0.15, 0.2) is 0 Å². The highest BCUT2D eigenvalue weighted by molar-refractivity contribution is 4.64. The molecule has 1 rings (SSSR count). The number of rotatable bonds is 2. The highest BCUT2D eigenvalue weighted by atomic mass is 17.5. The molecule has 0 aromatic carbocycles. The summed E-state index contributed by atoms with van der Waals surface area (Å²) >= 11 is 0. The Bertz CT molecular complexity index is 58.7. The van der Waals surface area contributed by atoms with E-state index < -0.39 is 0 Å². The molecule has 48 valence electrons. The van der Waals surface area contributed by atoms with Crippen molar-refractivity contribution in [1.82, 2.24) is 0 Å². The van der Waals surface area contributed by atoms with E-state index in [2.05, 4.69) is 9.93 Å². The van der Waals surface area contributed by atoms with E-state index in [0.29, 0.717) is 0 Å². The standard InChI is InChI=1S/C5H10O3/c6-8-7-5-3-1-2-4-5/h5-6H,1-4H2. The summed E-state index contributed by atoms with van der Waals surface area (Å²) in [6.07, 6.45) is 4.54. The minimum atomic E-state index is 0.139. The van der Waals surface area contributed by atoms with Gasteiger partial charge in [-0.2, -0.15) is 0 Å². The zero-order valence-electron chi connectivity index (χ0n) is 4.67. The summed E-state index contributed by atoms with van der Waals surface area (Å²) in [6.45, 7) is 0. The van der Waals surface area contributed by atoms with E-state index in [9.17, 15) is 0 Å². The molecular formula is C5H10O3. The van der Waals surface area contributed by atoms with Crippen molar-refractivity contribution in [2.75, 3.05) is 0 Å². The van der Waals surface area contributed by atoms with Crippen LogP contribution in [0.2, 0.25) is 0 Å². The van der Waals surface area contributed by atoms with E-state index in [4.69, 9.17) is 5.26 Å². The lowest BCUT2D eigenvalue weighted by molar-refractivity contribution is -0.505. The van der Waals surface area contributed by atoms with Crippen molar-refractivity contribution in [2.24, 2.45) is 0 Å². The molecule has 1 N–H and O–H groups in total. The van der Waals surface area contributed by atoms with Gasteiger partial charge < -0.3 is 0 Å². The Morgan fingerprint density at radius 3 is 2.38 bits per heavy atom. The molecule has 0 heterocycles. The Hall–Kier alpha value is -0.120. The van der Waals surface area contributed by atoms with Crippen LogP contribution >= 0.6 is 0 Å². The van der Waals surface area contributed by atoms with Gasteiger partial charge in [-0.15, -0.1) is 0 Å². The Kier molecular flexibility index (Phi) is 2.27. The van der Waals surface area contributed by atoms with E-state index in [-0.39, 0.29) is 6.10 Å². The lowest BCUT2D eigenvalue weighted by Gasteiger charge is -2.02. The van der Waals surface area contributed by atoms with Gasteiger partial charge in [0.15, 0.2) is 0 Å². The zero-order valence-corrected chi connectivity index (χ0v) is 4.67. The lowest BCUT2D eigenvalue weighted by atomic mass is 10.3. The van der Waals surface area contributed by atoms with Gasteiger partial charge in [0.05, 0.1) is 6.10 Å². The average molecular weight is 118 g/mol. The van der Waals surface area contributed by atoms with Gasteiger partial charge in [0.2, 0.25) is 0 Å². The molecule has 0 bridgehead atoms. The van der Waals surface area contributed by atoms with Crippen LogP contribution in [0.3, 0.4) is 0 Å². The number of hydrogen-bond acceptors (Lipinski definition) is 3. The van der Waals surface area contributed by atoms with Gasteiger partial charge >= 0.3 is 0 Å². The molecule has 0 saturated heterocycles. The van der Waals surface area contributed by atoms with Crippen molar-refractivity contribution in [3.05, 3.63) is 0 Å². The fourth-order valence-electron chi connectivity index (χ4n) is 1.05. The Morgan fingerprint density at radius 1 is 1.25 bits per heavy atom. The van der Waals surface area contributed by atoms with Gasteiger partial charge in [0.25, 0.3) is 0 Å². The van der Waals surface area contributed by atoms with Gasteiger partial charge in [0, 0.05) is 0 Å². The average Bonchev–Trinajstić information content (AvgIpc) is 2.19. The third kappa shape index (κ3) is 1.43. The Balaban J connectivity index is 2.06. The van der Waals surface area contributed by atoms with Gasteiger partial charge in [0.1, 0.15) is 0 Å². The highest BCUT2D eigenvalue weighted by Crippen LogP contribution is 2.20. The van der Waals surface area contributed by atoms with Crippen molar-refractivity contribution in [3.63, 3.8) is 0 Å². The van der Waals surface area contributed by atoms with E-state index in [1.807, 2.05) is 0 Å². The van der Waals surface area contributed by atoms with Crippen LogP contribution in [0.1, 0.15) is 25.7 Å². The first-order chi connectivity index (χ1) is 3.93. The van der Waals surface area contributed by atoms with Crippen molar-refractivity contribution in [1.29, 1.82) is 0 Å². The van der Waals surface area contributed by atoms with Gasteiger partial charge in [-0.1, -0.05) is 17.9 Å². The number of hydrogen-bond donors (Lipinski definition) is 1. The maximum Gasteiger partial charge on any atom is 0.0961 e. The zero-order chi connectivity index (χ0) is 5.82. The van der Waals surface area contributed by atoms with Crippen LogP contribution in [0, 0.1) is 0 Å². The molecule has 3 nitrogen and oxygen atoms in total. The van der Waals surface area contributed by atoms with Crippen LogP contribution < -0.4 is 0 Å². The molecule has 1 aliphatic carbocycles. The smallest absolute Gasteiger partial charge is 0.0961 e. The van der Waals surface area contributed by atoms with Crippen molar-refractivity contribution in [3.8, 4) is 0 Å².